The lowest BCUT2D eigenvalue weighted by Crippen LogP contribution is -2.13. The molecule has 0 atom stereocenters. The van der Waals surface area contributed by atoms with Gasteiger partial charge in [0.15, 0.2) is 0 Å². The van der Waals surface area contributed by atoms with Crippen LogP contribution in [0.15, 0.2) is 0 Å². The molecule has 0 rings (SSSR count). The molecule has 0 saturated heterocycles. The van der Waals surface area contributed by atoms with Crippen molar-refractivity contribution < 1.29 is 28.8 Å². The van der Waals surface area contributed by atoms with Gasteiger partial charge in [0.2, 0.25) is 0 Å². The summed E-state index contributed by atoms with van der Waals surface area (Å²) in [4.78, 5) is 0. The van der Waals surface area contributed by atoms with Crippen molar-refractivity contribution in [2.75, 3.05) is 79.8 Å². The molecule has 0 aromatic heterocycles. The van der Waals surface area contributed by atoms with E-state index < -0.39 is 0 Å². The zero-order valence-electron chi connectivity index (χ0n) is 13.8. The minimum Gasteiger partial charge on any atom is -0.394 e. The van der Waals surface area contributed by atoms with E-state index in [1.165, 1.54) is 0 Å². The predicted octanol–water partition coefficient (Wildman–Crippen LogP) is 0.265. The van der Waals surface area contributed by atoms with Gasteiger partial charge in [0.25, 0.3) is 0 Å². The molecule has 0 aliphatic rings. The molecule has 0 radical (unpaired) electrons. The van der Waals surface area contributed by atoms with Crippen LogP contribution in [-0.4, -0.2) is 85.0 Å². The first-order valence-corrected chi connectivity index (χ1v) is 7.47. The Morgan fingerprint density at radius 2 is 1.29 bits per heavy atom. The van der Waals surface area contributed by atoms with Crippen molar-refractivity contribution in [1.82, 2.24) is 5.32 Å². The Hall–Kier alpha value is -0.280. The molecule has 0 heterocycles. The van der Waals surface area contributed by atoms with Crippen LogP contribution in [0.2, 0.25) is 0 Å². The summed E-state index contributed by atoms with van der Waals surface area (Å²) in [6.07, 6.45) is 0. The number of likely N-dealkylation sites (N-methyl/N-ethyl adjacent to an activating group) is 1. The summed E-state index contributed by atoms with van der Waals surface area (Å²) >= 11 is 0. The number of aliphatic hydroxyl groups excluding tert-OH is 1. The lowest BCUT2D eigenvalue weighted by Gasteiger charge is -2.05. The van der Waals surface area contributed by atoms with E-state index in [9.17, 15) is 0 Å². The second-order valence-electron chi connectivity index (χ2n) is 3.77. The highest BCUT2D eigenvalue weighted by Crippen LogP contribution is 1.81. The summed E-state index contributed by atoms with van der Waals surface area (Å²) in [5.74, 6) is 0. The molecule has 0 fully saturated rings. The summed E-state index contributed by atoms with van der Waals surface area (Å²) in [6, 6.07) is 0. The van der Waals surface area contributed by atoms with E-state index in [1.807, 2.05) is 20.9 Å². The van der Waals surface area contributed by atoms with Gasteiger partial charge in [0.05, 0.1) is 46.2 Å². The van der Waals surface area contributed by atoms with Crippen LogP contribution in [0.25, 0.3) is 0 Å². The molecule has 0 unspecified atom stereocenters. The normalized spacial score (nSPS) is 10.3. The molecule has 2 N–H and O–H groups in total. The summed E-state index contributed by atoms with van der Waals surface area (Å²) in [6.45, 7) is 10.0. The Balaban J connectivity index is 0. The third kappa shape index (κ3) is 28.6. The molecule has 0 bridgehead atoms. The largest absolute Gasteiger partial charge is 0.394 e. The molecule has 21 heavy (non-hydrogen) atoms. The third-order valence-electron chi connectivity index (χ3n) is 2.05. The smallest absolute Gasteiger partial charge is 0.146 e. The van der Waals surface area contributed by atoms with Crippen molar-refractivity contribution in [3.05, 3.63) is 0 Å². The lowest BCUT2D eigenvalue weighted by molar-refractivity contribution is -0.0693. The van der Waals surface area contributed by atoms with Crippen LogP contribution < -0.4 is 5.32 Å². The zero-order valence-corrected chi connectivity index (χ0v) is 13.8. The van der Waals surface area contributed by atoms with Crippen LogP contribution in [0, 0.1) is 0 Å². The van der Waals surface area contributed by atoms with E-state index in [-0.39, 0.29) is 6.61 Å². The molecule has 130 valence electrons. The average molecular weight is 311 g/mol. The summed E-state index contributed by atoms with van der Waals surface area (Å²) < 4.78 is 25.2. The second kappa shape index (κ2) is 24.7. The minimum absolute atomic E-state index is 0.0530. The van der Waals surface area contributed by atoms with Gasteiger partial charge in [-0.25, -0.2) is 0 Å². The lowest BCUT2D eigenvalue weighted by atomic mass is 10.7. The monoisotopic (exact) mass is 311 g/mol. The van der Waals surface area contributed by atoms with Gasteiger partial charge in [-0.3, -0.25) is 0 Å². The van der Waals surface area contributed by atoms with E-state index in [4.69, 9.17) is 28.8 Å². The van der Waals surface area contributed by atoms with Crippen LogP contribution in [0.3, 0.4) is 0 Å². The topological polar surface area (TPSA) is 78.4 Å². The van der Waals surface area contributed by atoms with Crippen molar-refractivity contribution in [2.24, 2.45) is 0 Å². The number of aliphatic hydroxyl groups is 1. The molecule has 0 saturated carbocycles. The fourth-order valence-electron chi connectivity index (χ4n) is 1.02. The quantitative estimate of drug-likeness (QED) is 0.332. The van der Waals surface area contributed by atoms with Gasteiger partial charge >= 0.3 is 0 Å². The minimum atomic E-state index is 0.0530. The highest BCUT2D eigenvalue weighted by molar-refractivity contribution is 4.32. The number of hydrogen-bond acceptors (Lipinski definition) is 7. The van der Waals surface area contributed by atoms with Gasteiger partial charge in [-0.15, -0.1) is 0 Å². The maximum Gasteiger partial charge on any atom is 0.146 e. The molecule has 7 heteroatoms. The van der Waals surface area contributed by atoms with Crippen molar-refractivity contribution >= 4 is 0 Å². The van der Waals surface area contributed by atoms with E-state index in [2.05, 4.69) is 5.32 Å². The maximum atomic E-state index is 8.39. The molecule has 0 aliphatic carbocycles. The maximum absolute atomic E-state index is 8.39. The van der Waals surface area contributed by atoms with Gasteiger partial charge < -0.3 is 34.1 Å². The molecule has 0 amide bonds. The Morgan fingerprint density at radius 3 is 1.81 bits per heavy atom. The molecular weight excluding hydrogens is 278 g/mol. The number of ether oxygens (including phenoxy) is 5. The molecular formula is C14H33NO6. The van der Waals surface area contributed by atoms with Crippen LogP contribution >= 0.6 is 0 Å². The van der Waals surface area contributed by atoms with E-state index >= 15 is 0 Å². The van der Waals surface area contributed by atoms with Gasteiger partial charge in [0, 0.05) is 19.8 Å². The van der Waals surface area contributed by atoms with Gasteiger partial charge in [-0.2, -0.15) is 0 Å². The zero-order chi connectivity index (χ0) is 16.0. The molecule has 0 spiro atoms. The number of nitrogens with one attached hydrogen (secondary N) is 1. The highest BCUT2D eigenvalue weighted by Gasteiger charge is 1.90. The number of rotatable bonds is 15. The van der Waals surface area contributed by atoms with E-state index in [0.29, 0.717) is 46.4 Å². The van der Waals surface area contributed by atoms with Crippen LogP contribution in [0.4, 0.5) is 0 Å². The highest BCUT2D eigenvalue weighted by atomic mass is 16.7. The molecule has 0 aliphatic heterocycles. The van der Waals surface area contributed by atoms with Crippen molar-refractivity contribution in [2.45, 2.75) is 13.8 Å². The SMILES string of the molecule is CCOCCNC.CCOCOCCOCCOCCO. The predicted molar refractivity (Wildman–Crippen MR) is 81.6 cm³/mol. The van der Waals surface area contributed by atoms with E-state index in [0.717, 1.165) is 19.8 Å². The Bertz CT molecular complexity index is 146. The summed E-state index contributed by atoms with van der Waals surface area (Å²) in [5, 5.41) is 11.4. The summed E-state index contributed by atoms with van der Waals surface area (Å²) in [7, 11) is 1.92. The second-order valence-corrected chi connectivity index (χ2v) is 3.77. The first-order chi connectivity index (χ1) is 10.3. The van der Waals surface area contributed by atoms with Gasteiger partial charge in [-0.1, -0.05) is 0 Å². The Kier molecular flexibility index (Phi) is 27.1. The van der Waals surface area contributed by atoms with E-state index in [1.54, 1.807) is 0 Å². The average Bonchev–Trinajstić information content (AvgIpc) is 2.50. The van der Waals surface area contributed by atoms with Crippen LogP contribution in [0.1, 0.15) is 13.8 Å². The third-order valence-corrected chi connectivity index (χ3v) is 2.05. The van der Waals surface area contributed by atoms with Crippen molar-refractivity contribution in [3.8, 4) is 0 Å². The summed E-state index contributed by atoms with van der Waals surface area (Å²) in [5.41, 5.74) is 0. The number of hydrogen-bond donors (Lipinski definition) is 2. The molecule has 7 nitrogen and oxygen atoms in total. The molecule has 0 aromatic carbocycles. The van der Waals surface area contributed by atoms with Crippen molar-refractivity contribution in [1.29, 1.82) is 0 Å². The standard InChI is InChI=1S/C9H20O5.C5H13NO/c1-2-11-9-14-8-7-13-6-5-12-4-3-10;1-3-7-5-4-6-2/h10H,2-9H2,1H3;6H,3-5H2,1-2H3. The van der Waals surface area contributed by atoms with Crippen LogP contribution in [0.5, 0.6) is 0 Å². The fourth-order valence-corrected chi connectivity index (χ4v) is 1.02. The molecule has 0 aromatic rings. The fraction of sp³-hybridized carbons (Fsp3) is 1.00. The Labute approximate surface area is 128 Å². The van der Waals surface area contributed by atoms with Crippen molar-refractivity contribution in [3.63, 3.8) is 0 Å². The van der Waals surface area contributed by atoms with Gasteiger partial charge in [-0.05, 0) is 20.9 Å². The Morgan fingerprint density at radius 1 is 0.714 bits per heavy atom. The van der Waals surface area contributed by atoms with Gasteiger partial charge in [0.1, 0.15) is 6.79 Å². The first-order valence-electron chi connectivity index (χ1n) is 7.47. The first kappa shape index (κ1) is 23.0. The van der Waals surface area contributed by atoms with Crippen LogP contribution in [-0.2, 0) is 23.7 Å².